The fourth-order valence-electron chi connectivity index (χ4n) is 0.805. The van der Waals surface area contributed by atoms with Crippen LogP contribution in [0.3, 0.4) is 0 Å². The lowest BCUT2D eigenvalue weighted by molar-refractivity contribution is 0.339. The minimum absolute atomic E-state index is 0.461. The molecule has 0 radical (unpaired) electrons. The Balaban J connectivity index is 3.01. The summed E-state index contributed by atoms with van der Waals surface area (Å²) in [5, 5.41) is 12.6. The van der Waals surface area contributed by atoms with E-state index in [0.29, 0.717) is 11.3 Å². The van der Waals surface area contributed by atoms with Crippen molar-refractivity contribution in [2.45, 2.75) is 13.8 Å². The first kappa shape index (κ1) is 10.7. The van der Waals surface area contributed by atoms with Gasteiger partial charge in [0.15, 0.2) is 5.75 Å². The Morgan fingerprint density at radius 1 is 1.50 bits per heavy atom. The van der Waals surface area contributed by atoms with Gasteiger partial charge in [0.1, 0.15) is 6.07 Å². The lowest BCUT2D eigenvalue weighted by atomic mass is 10.2. The van der Waals surface area contributed by atoms with Crippen LogP contribution in [-0.2, 0) is 0 Å². The molecule has 72 valence electrons. The number of halogens is 1. The minimum atomic E-state index is 0.461. The highest BCUT2D eigenvalue weighted by molar-refractivity contribution is 9.10. The van der Waals surface area contributed by atoms with Crippen LogP contribution in [0.2, 0.25) is 0 Å². The maximum absolute atomic E-state index is 8.78. The number of rotatable bonds is 2. The van der Waals surface area contributed by atoms with Crippen LogP contribution in [0.1, 0.15) is 19.4 Å². The Morgan fingerprint density at radius 3 is 2.79 bits per heavy atom. The fraction of sp³-hybridized carbons (Fsp3) is 0.200. The van der Waals surface area contributed by atoms with E-state index in [4.69, 9.17) is 10.1 Å². The number of hydrogen-bond donors (Lipinski definition) is 0. The Bertz CT molecular complexity index is 403. The molecule has 0 N–H and O–H groups in total. The summed E-state index contributed by atoms with van der Waals surface area (Å²) in [6.45, 7) is 3.65. The second kappa shape index (κ2) is 4.77. The van der Waals surface area contributed by atoms with Gasteiger partial charge in [-0.25, -0.2) is 0 Å². The summed E-state index contributed by atoms with van der Waals surface area (Å²) in [7, 11) is 0. The van der Waals surface area contributed by atoms with E-state index in [1.807, 2.05) is 19.9 Å². The van der Waals surface area contributed by atoms with Crippen LogP contribution in [-0.4, -0.2) is 5.71 Å². The smallest absolute Gasteiger partial charge is 0.176 e. The van der Waals surface area contributed by atoms with Gasteiger partial charge in [0.2, 0.25) is 0 Å². The Kier molecular flexibility index (Phi) is 3.66. The molecule has 0 saturated carbocycles. The summed E-state index contributed by atoms with van der Waals surface area (Å²) in [5.41, 5.74) is 1.27. The highest BCUT2D eigenvalue weighted by Crippen LogP contribution is 2.23. The first-order chi connectivity index (χ1) is 6.63. The molecule has 0 aromatic heterocycles. The Morgan fingerprint density at radius 2 is 2.21 bits per heavy atom. The van der Waals surface area contributed by atoms with Gasteiger partial charge in [-0.05, 0) is 32.0 Å². The average molecular weight is 253 g/mol. The molecule has 1 aromatic rings. The summed E-state index contributed by atoms with van der Waals surface area (Å²) in [4.78, 5) is 5.11. The average Bonchev–Trinajstić information content (AvgIpc) is 2.15. The normalized spacial score (nSPS) is 9.00. The van der Waals surface area contributed by atoms with Crippen molar-refractivity contribution in [3.63, 3.8) is 0 Å². The third-order valence-electron chi connectivity index (χ3n) is 1.39. The Hall–Kier alpha value is -1.34. The van der Waals surface area contributed by atoms with Crippen molar-refractivity contribution in [3.05, 3.63) is 28.2 Å². The molecule has 0 spiro atoms. The Labute approximate surface area is 91.1 Å². The van der Waals surface area contributed by atoms with Gasteiger partial charge in [-0.1, -0.05) is 21.1 Å². The van der Waals surface area contributed by atoms with Crippen LogP contribution in [0.5, 0.6) is 5.75 Å². The molecule has 0 aliphatic carbocycles. The third kappa shape index (κ3) is 2.86. The number of hydrogen-bond acceptors (Lipinski definition) is 3. The van der Waals surface area contributed by atoms with Crippen LogP contribution >= 0.6 is 15.9 Å². The lowest BCUT2D eigenvalue weighted by Gasteiger charge is -2.01. The van der Waals surface area contributed by atoms with Crippen molar-refractivity contribution in [2.75, 3.05) is 0 Å². The SMILES string of the molecule is CC(C)=NOc1cc(Br)ccc1C#N. The van der Waals surface area contributed by atoms with Crippen molar-refractivity contribution in [3.8, 4) is 11.8 Å². The molecule has 0 heterocycles. The summed E-state index contributed by atoms with van der Waals surface area (Å²) in [5.74, 6) is 0.461. The van der Waals surface area contributed by atoms with E-state index in [0.717, 1.165) is 10.2 Å². The van der Waals surface area contributed by atoms with Crippen molar-refractivity contribution in [2.24, 2.45) is 5.16 Å². The summed E-state index contributed by atoms with van der Waals surface area (Å²) >= 11 is 3.29. The van der Waals surface area contributed by atoms with Crippen molar-refractivity contribution >= 4 is 21.6 Å². The number of nitriles is 1. The lowest BCUT2D eigenvalue weighted by Crippen LogP contribution is -1.91. The highest BCUT2D eigenvalue weighted by Gasteiger charge is 2.03. The van der Waals surface area contributed by atoms with Gasteiger partial charge in [-0.2, -0.15) is 5.26 Å². The second-order valence-corrected chi connectivity index (χ2v) is 3.80. The zero-order valence-corrected chi connectivity index (χ0v) is 9.50. The monoisotopic (exact) mass is 252 g/mol. The predicted octanol–water partition coefficient (Wildman–Crippen LogP) is 3.10. The van der Waals surface area contributed by atoms with E-state index in [1.165, 1.54) is 0 Å². The molecule has 0 aliphatic heterocycles. The topological polar surface area (TPSA) is 45.4 Å². The van der Waals surface area contributed by atoms with E-state index in [2.05, 4.69) is 21.1 Å². The van der Waals surface area contributed by atoms with Gasteiger partial charge in [-0.3, -0.25) is 0 Å². The zero-order chi connectivity index (χ0) is 10.6. The molecule has 4 heteroatoms. The van der Waals surface area contributed by atoms with Gasteiger partial charge in [0.05, 0.1) is 11.3 Å². The molecule has 1 rings (SSSR count). The van der Waals surface area contributed by atoms with Crippen LogP contribution in [0.4, 0.5) is 0 Å². The number of benzene rings is 1. The zero-order valence-electron chi connectivity index (χ0n) is 7.91. The molecule has 0 saturated heterocycles. The van der Waals surface area contributed by atoms with Gasteiger partial charge in [0.25, 0.3) is 0 Å². The number of nitrogens with zero attached hydrogens (tertiary/aromatic N) is 2. The van der Waals surface area contributed by atoms with E-state index in [1.54, 1.807) is 18.2 Å². The fourth-order valence-corrected chi connectivity index (χ4v) is 1.14. The second-order valence-electron chi connectivity index (χ2n) is 2.88. The molecular weight excluding hydrogens is 244 g/mol. The molecule has 14 heavy (non-hydrogen) atoms. The molecule has 0 aliphatic rings. The predicted molar refractivity (Wildman–Crippen MR) is 58.3 cm³/mol. The quantitative estimate of drug-likeness (QED) is 0.600. The minimum Gasteiger partial charge on any atom is -0.356 e. The standard InChI is InChI=1S/C10H9BrN2O/c1-7(2)13-14-10-5-9(11)4-3-8(10)6-12/h3-5H,1-2H3. The molecule has 0 atom stereocenters. The molecule has 1 aromatic carbocycles. The highest BCUT2D eigenvalue weighted by atomic mass is 79.9. The van der Waals surface area contributed by atoms with E-state index >= 15 is 0 Å². The summed E-state index contributed by atoms with van der Waals surface area (Å²) in [6.07, 6.45) is 0. The number of oxime groups is 1. The third-order valence-corrected chi connectivity index (χ3v) is 1.88. The van der Waals surface area contributed by atoms with Crippen LogP contribution in [0, 0.1) is 11.3 Å². The largest absolute Gasteiger partial charge is 0.356 e. The summed E-state index contributed by atoms with van der Waals surface area (Å²) in [6, 6.07) is 7.21. The van der Waals surface area contributed by atoms with E-state index < -0.39 is 0 Å². The van der Waals surface area contributed by atoms with Crippen LogP contribution < -0.4 is 4.84 Å². The van der Waals surface area contributed by atoms with E-state index in [9.17, 15) is 0 Å². The van der Waals surface area contributed by atoms with Gasteiger partial charge < -0.3 is 4.84 Å². The maximum atomic E-state index is 8.78. The van der Waals surface area contributed by atoms with Crippen molar-refractivity contribution in [1.82, 2.24) is 0 Å². The van der Waals surface area contributed by atoms with Crippen molar-refractivity contribution < 1.29 is 4.84 Å². The van der Waals surface area contributed by atoms with Gasteiger partial charge >= 0.3 is 0 Å². The molecule has 0 bridgehead atoms. The molecule has 3 nitrogen and oxygen atoms in total. The van der Waals surface area contributed by atoms with Crippen molar-refractivity contribution in [1.29, 1.82) is 5.26 Å². The maximum Gasteiger partial charge on any atom is 0.176 e. The molecule has 0 unspecified atom stereocenters. The van der Waals surface area contributed by atoms with Crippen LogP contribution in [0.15, 0.2) is 27.8 Å². The van der Waals surface area contributed by atoms with E-state index in [-0.39, 0.29) is 0 Å². The molecular formula is C10H9BrN2O. The van der Waals surface area contributed by atoms with Crippen LogP contribution in [0.25, 0.3) is 0 Å². The van der Waals surface area contributed by atoms with Gasteiger partial charge in [0, 0.05) is 4.47 Å². The van der Waals surface area contributed by atoms with Gasteiger partial charge in [-0.15, -0.1) is 0 Å². The molecule has 0 amide bonds. The first-order valence-electron chi connectivity index (χ1n) is 4.01. The summed E-state index contributed by atoms with van der Waals surface area (Å²) < 4.78 is 0.857. The molecule has 0 fully saturated rings. The first-order valence-corrected chi connectivity index (χ1v) is 4.80.